The second-order valence-electron chi connectivity index (χ2n) is 6.53. The Balaban J connectivity index is 0.00000210. The average Bonchev–Trinajstić information content (AvgIpc) is 3.08. The first-order chi connectivity index (χ1) is 12.8. The lowest BCUT2D eigenvalue weighted by atomic mass is 10.1. The van der Waals surface area contributed by atoms with Crippen molar-refractivity contribution < 1.29 is 18.0 Å². The zero-order chi connectivity index (χ0) is 19.6. The molecule has 0 aliphatic carbocycles. The summed E-state index contributed by atoms with van der Waals surface area (Å²) in [7, 11) is 3.50. The van der Waals surface area contributed by atoms with Gasteiger partial charge in [0.05, 0.1) is 11.8 Å². The number of benzene rings is 1. The predicted molar refractivity (Wildman–Crippen MR) is 110 cm³/mol. The van der Waals surface area contributed by atoms with Crippen molar-refractivity contribution in [2.24, 2.45) is 7.05 Å². The molecule has 1 amide bonds. The summed E-state index contributed by atoms with van der Waals surface area (Å²) in [5.41, 5.74) is 0.644. The number of piperazine rings is 1. The highest BCUT2D eigenvalue weighted by molar-refractivity contribution is 5.85. The Morgan fingerprint density at radius 1 is 1.17 bits per heavy atom. The van der Waals surface area contributed by atoms with Gasteiger partial charge in [-0.3, -0.25) is 9.48 Å². The molecule has 6 nitrogen and oxygen atoms in total. The van der Waals surface area contributed by atoms with Crippen molar-refractivity contribution in [3.05, 3.63) is 47.8 Å². The Bertz CT molecular complexity index is 807. The molecule has 3 rings (SSSR count). The van der Waals surface area contributed by atoms with E-state index >= 15 is 0 Å². The molecular weight excluding hydrogens is 430 g/mol. The monoisotopic (exact) mass is 453 g/mol. The van der Waals surface area contributed by atoms with Crippen molar-refractivity contribution >= 4 is 36.4 Å². The summed E-state index contributed by atoms with van der Waals surface area (Å²) in [6.45, 7) is 1.87. The van der Waals surface area contributed by atoms with Crippen LogP contribution in [-0.4, -0.2) is 53.8 Å². The van der Waals surface area contributed by atoms with Gasteiger partial charge in [-0.25, -0.2) is 0 Å². The van der Waals surface area contributed by atoms with E-state index in [1.807, 2.05) is 4.90 Å². The maximum Gasteiger partial charge on any atom is 0.416 e. The second-order valence-corrected chi connectivity index (χ2v) is 6.53. The van der Waals surface area contributed by atoms with Gasteiger partial charge in [-0.05, 0) is 25.2 Å². The number of carbonyl (C=O) groups excluding carboxylic acids is 1. The molecule has 1 atom stereocenters. The minimum absolute atomic E-state index is 0. The Labute approximate surface area is 179 Å². The topological polar surface area (TPSA) is 53.4 Å². The number of rotatable bonds is 4. The number of hydrogen-bond donors (Lipinski definition) is 1. The lowest BCUT2D eigenvalue weighted by Crippen LogP contribution is -2.51. The number of likely N-dealkylation sites (N-methyl/N-ethyl adjacent to an activating group) is 1. The number of alkyl halides is 3. The molecule has 11 heteroatoms. The van der Waals surface area contributed by atoms with Crippen LogP contribution in [0.25, 0.3) is 0 Å². The smallest absolute Gasteiger partial charge is 0.368 e. The minimum Gasteiger partial charge on any atom is -0.368 e. The number of aryl methyl sites for hydroxylation is 1. The number of aromatic nitrogens is 2. The van der Waals surface area contributed by atoms with Crippen LogP contribution in [0.15, 0.2) is 36.7 Å². The van der Waals surface area contributed by atoms with Gasteiger partial charge in [-0.15, -0.1) is 24.8 Å². The number of halogens is 5. The molecule has 2 heterocycles. The Morgan fingerprint density at radius 3 is 2.34 bits per heavy atom. The predicted octanol–water partition coefficient (Wildman–Crippen LogP) is 2.89. The quantitative estimate of drug-likeness (QED) is 0.772. The zero-order valence-electron chi connectivity index (χ0n) is 16.0. The van der Waals surface area contributed by atoms with Crippen LogP contribution in [0.4, 0.5) is 18.9 Å². The number of anilines is 1. The average molecular weight is 454 g/mol. The molecule has 1 aromatic heterocycles. The van der Waals surface area contributed by atoms with Crippen LogP contribution in [0.2, 0.25) is 0 Å². The maximum atomic E-state index is 12.9. The molecule has 0 bridgehead atoms. The van der Waals surface area contributed by atoms with Crippen LogP contribution in [0.1, 0.15) is 17.2 Å². The van der Waals surface area contributed by atoms with Gasteiger partial charge in [0.25, 0.3) is 0 Å². The van der Waals surface area contributed by atoms with Crippen molar-refractivity contribution in [2.75, 3.05) is 38.1 Å². The molecule has 1 fully saturated rings. The molecule has 2 aromatic rings. The molecule has 29 heavy (non-hydrogen) atoms. The first-order valence-electron chi connectivity index (χ1n) is 8.66. The number of nitrogens with zero attached hydrogens (tertiary/aromatic N) is 4. The first kappa shape index (κ1) is 25.1. The molecular formula is C18H24Cl2F3N5O. The summed E-state index contributed by atoms with van der Waals surface area (Å²) in [4.78, 5) is 16.4. The van der Waals surface area contributed by atoms with E-state index in [2.05, 4.69) is 10.4 Å². The molecule has 0 saturated carbocycles. The molecule has 1 aliphatic heterocycles. The van der Waals surface area contributed by atoms with Crippen LogP contribution in [0.3, 0.4) is 0 Å². The van der Waals surface area contributed by atoms with Crippen molar-refractivity contribution in [2.45, 2.75) is 12.2 Å². The van der Waals surface area contributed by atoms with Crippen LogP contribution < -0.4 is 10.2 Å². The largest absolute Gasteiger partial charge is 0.416 e. The van der Waals surface area contributed by atoms with E-state index < -0.39 is 17.8 Å². The number of hydrogen-bond acceptors (Lipinski definition) is 4. The third-order valence-corrected chi connectivity index (χ3v) is 4.72. The van der Waals surface area contributed by atoms with Gasteiger partial charge in [0.1, 0.15) is 6.04 Å². The van der Waals surface area contributed by atoms with Gasteiger partial charge >= 0.3 is 6.18 Å². The van der Waals surface area contributed by atoms with E-state index in [4.69, 9.17) is 0 Å². The first-order valence-corrected chi connectivity index (χ1v) is 8.66. The molecule has 1 aliphatic rings. The summed E-state index contributed by atoms with van der Waals surface area (Å²) in [5, 5.41) is 7.11. The van der Waals surface area contributed by atoms with E-state index in [1.165, 1.54) is 6.07 Å². The zero-order valence-corrected chi connectivity index (χ0v) is 17.7. The fraction of sp³-hybridized carbons (Fsp3) is 0.444. The number of carbonyl (C=O) groups is 1. The molecule has 162 valence electrons. The van der Waals surface area contributed by atoms with E-state index in [1.54, 1.807) is 42.1 Å². The van der Waals surface area contributed by atoms with Crippen LogP contribution in [0, 0.1) is 0 Å². The van der Waals surface area contributed by atoms with Crippen LogP contribution in [-0.2, 0) is 18.0 Å². The summed E-state index contributed by atoms with van der Waals surface area (Å²) < 4.78 is 40.4. The highest BCUT2D eigenvalue weighted by atomic mass is 35.5. The molecule has 1 aromatic carbocycles. The third kappa shape index (κ3) is 5.77. The van der Waals surface area contributed by atoms with Crippen molar-refractivity contribution in [3.63, 3.8) is 0 Å². The SMILES string of the molecule is CNC(C(=O)N1CCN(c2cccc(C(F)(F)F)c2)CC1)c1cnn(C)c1.Cl.Cl. The Morgan fingerprint density at radius 2 is 1.83 bits per heavy atom. The van der Waals surface area contributed by atoms with Crippen LogP contribution >= 0.6 is 24.8 Å². The van der Waals surface area contributed by atoms with Crippen LogP contribution in [0.5, 0.6) is 0 Å². The summed E-state index contributed by atoms with van der Waals surface area (Å²) in [5.74, 6) is -0.0609. The fourth-order valence-corrected chi connectivity index (χ4v) is 3.27. The van der Waals surface area contributed by atoms with E-state index in [-0.39, 0.29) is 30.7 Å². The number of amides is 1. The van der Waals surface area contributed by atoms with Gasteiger partial charge in [0, 0.05) is 50.7 Å². The Kier molecular flexibility index (Phi) is 8.80. The van der Waals surface area contributed by atoms with Crippen molar-refractivity contribution in [3.8, 4) is 0 Å². The normalized spacial score (nSPS) is 15.3. The van der Waals surface area contributed by atoms with Gasteiger partial charge < -0.3 is 15.1 Å². The standard InChI is InChI=1S/C18H22F3N5O.2ClH/c1-22-16(13-11-23-24(2)12-13)17(27)26-8-6-25(7-9-26)15-5-3-4-14(10-15)18(19,20)21;;/h3-5,10-12,16,22H,6-9H2,1-2H3;2*1H. The van der Waals surface area contributed by atoms with Crippen molar-refractivity contribution in [1.82, 2.24) is 20.0 Å². The van der Waals surface area contributed by atoms with E-state index in [0.717, 1.165) is 17.7 Å². The minimum atomic E-state index is -4.36. The second kappa shape index (κ2) is 10.2. The summed E-state index contributed by atoms with van der Waals surface area (Å²) >= 11 is 0. The van der Waals surface area contributed by atoms with Gasteiger partial charge in [-0.1, -0.05) is 6.07 Å². The lowest BCUT2D eigenvalue weighted by Gasteiger charge is -2.37. The molecule has 1 saturated heterocycles. The molecule has 0 radical (unpaired) electrons. The third-order valence-electron chi connectivity index (χ3n) is 4.72. The molecule has 1 N–H and O–H groups in total. The summed E-state index contributed by atoms with van der Waals surface area (Å²) in [6.07, 6.45) is -0.923. The van der Waals surface area contributed by atoms with E-state index in [9.17, 15) is 18.0 Å². The van der Waals surface area contributed by atoms with Gasteiger partial charge in [0.15, 0.2) is 0 Å². The highest BCUT2D eigenvalue weighted by Crippen LogP contribution is 2.32. The Hall–Kier alpha value is -1.97. The fourth-order valence-electron chi connectivity index (χ4n) is 3.27. The number of nitrogens with one attached hydrogen (secondary N) is 1. The van der Waals surface area contributed by atoms with Crippen molar-refractivity contribution in [1.29, 1.82) is 0 Å². The van der Waals surface area contributed by atoms with Gasteiger partial charge in [0.2, 0.25) is 5.91 Å². The van der Waals surface area contributed by atoms with Gasteiger partial charge in [-0.2, -0.15) is 18.3 Å². The summed E-state index contributed by atoms with van der Waals surface area (Å²) in [6, 6.07) is 4.81. The maximum absolute atomic E-state index is 12.9. The molecule has 0 spiro atoms. The highest BCUT2D eigenvalue weighted by Gasteiger charge is 2.32. The lowest BCUT2D eigenvalue weighted by molar-refractivity contribution is -0.137. The van der Waals surface area contributed by atoms with E-state index in [0.29, 0.717) is 31.9 Å². The molecule has 1 unspecified atom stereocenters.